The summed E-state index contributed by atoms with van der Waals surface area (Å²) in [7, 11) is 2.77. The van der Waals surface area contributed by atoms with Gasteiger partial charge in [0.1, 0.15) is 6.10 Å². The van der Waals surface area contributed by atoms with Crippen molar-refractivity contribution in [2.45, 2.75) is 18.9 Å². The molecular formula is C12H17O2P. The van der Waals surface area contributed by atoms with Crippen molar-refractivity contribution in [2.24, 2.45) is 0 Å². The van der Waals surface area contributed by atoms with Crippen LogP contribution in [0, 0.1) is 0 Å². The van der Waals surface area contributed by atoms with Gasteiger partial charge in [-0.2, -0.15) is 0 Å². The monoisotopic (exact) mass is 224 g/mol. The number of hydrogen-bond acceptors (Lipinski definition) is 2. The minimum absolute atomic E-state index is 0.388. The molecule has 0 aliphatic carbocycles. The van der Waals surface area contributed by atoms with Gasteiger partial charge in [-0.25, -0.2) is 0 Å². The molecule has 1 aromatic rings. The van der Waals surface area contributed by atoms with Gasteiger partial charge in [0.25, 0.3) is 0 Å². The zero-order chi connectivity index (χ0) is 10.5. The third-order valence-corrected chi connectivity index (χ3v) is 3.06. The molecule has 1 aliphatic rings. The molecule has 1 aliphatic heterocycles. The Morgan fingerprint density at radius 1 is 1.40 bits per heavy atom. The minimum Gasteiger partial charge on any atom is -0.379 e. The second-order valence-electron chi connectivity index (χ2n) is 3.83. The zero-order valence-corrected chi connectivity index (χ0v) is 9.97. The van der Waals surface area contributed by atoms with Crippen molar-refractivity contribution >= 4 is 14.5 Å². The third kappa shape index (κ3) is 3.90. The van der Waals surface area contributed by atoms with E-state index in [9.17, 15) is 0 Å². The van der Waals surface area contributed by atoms with E-state index in [-0.39, 0.29) is 0 Å². The maximum absolute atomic E-state index is 5.49. The fraction of sp³-hybridized carbons (Fsp3) is 0.500. The maximum Gasteiger partial charge on any atom is 0.104 e. The lowest BCUT2D eigenvalue weighted by Crippen LogP contribution is -2.06. The van der Waals surface area contributed by atoms with Crippen molar-refractivity contribution in [3.63, 3.8) is 0 Å². The predicted octanol–water partition coefficient (Wildman–Crippen LogP) is 1.53. The summed E-state index contributed by atoms with van der Waals surface area (Å²) in [5.74, 6) is 0. The van der Waals surface area contributed by atoms with Crippen LogP contribution in [-0.2, 0) is 15.9 Å². The van der Waals surface area contributed by atoms with Crippen LogP contribution in [0.4, 0.5) is 0 Å². The molecular weight excluding hydrogens is 207 g/mol. The minimum atomic E-state index is 0.388. The van der Waals surface area contributed by atoms with Crippen molar-refractivity contribution in [1.29, 1.82) is 0 Å². The summed E-state index contributed by atoms with van der Waals surface area (Å²) in [6.45, 7) is 2.48. The van der Waals surface area contributed by atoms with Crippen molar-refractivity contribution in [3.05, 3.63) is 29.8 Å². The van der Waals surface area contributed by atoms with E-state index in [2.05, 4.69) is 33.5 Å². The van der Waals surface area contributed by atoms with Crippen LogP contribution < -0.4 is 5.30 Å². The van der Waals surface area contributed by atoms with Crippen molar-refractivity contribution in [2.75, 3.05) is 19.8 Å². The Balaban J connectivity index is 1.62. The Hall–Kier alpha value is -0.430. The van der Waals surface area contributed by atoms with Gasteiger partial charge in [0.15, 0.2) is 0 Å². The quantitative estimate of drug-likeness (QED) is 0.415. The van der Waals surface area contributed by atoms with Crippen molar-refractivity contribution in [3.8, 4) is 0 Å². The van der Waals surface area contributed by atoms with E-state index in [1.165, 1.54) is 10.9 Å². The first-order valence-corrected chi connectivity index (χ1v) is 5.97. The molecule has 1 saturated heterocycles. The van der Waals surface area contributed by atoms with Crippen molar-refractivity contribution < 1.29 is 9.47 Å². The van der Waals surface area contributed by atoms with Gasteiger partial charge in [-0.1, -0.05) is 24.3 Å². The van der Waals surface area contributed by atoms with Crippen LogP contribution in [0.5, 0.6) is 0 Å². The molecule has 0 bridgehead atoms. The van der Waals surface area contributed by atoms with Gasteiger partial charge in [0.2, 0.25) is 0 Å². The Morgan fingerprint density at radius 2 is 2.20 bits per heavy atom. The second-order valence-corrected chi connectivity index (χ2v) is 4.45. The normalized spacial score (nSPS) is 19.1. The largest absolute Gasteiger partial charge is 0.379 e. The Kier molecular flexibility index (Phi) is 4.13. The van der Waals surface area contributed by atoms with E-state index in [1.807, 2.05) is 0 Å². The average molecular weight is 224 g/mol. The Labute approximate surface area is 93.2 Å². The summed E-state index contributed by atoms with van der Waals surface area (Å²) in [5, 5.41) is 1.29. The molecule has 0 radical (unpaired) electrons. The number of aryl methyl sites for hydroxylation is 1. The first-order valence-electron chi connectivity index (χ1n) is 5.39. The van der Waals surface area contributed by atoms with E-state index in [1.54, 1.807) is 0 Å². The Bertz CT molecular complexity index is 310. The summed E-state index contributed by atoms with van der Waals surface area (Å²) < 4.78 is 10.6. The van der Waals surface area contributed by atoms with Crippen LogP contribution in [0.1, 0.15) is 12.0 Å². The molecule has 0 N–H and O–H groups in total. The van der Waals surface area contributed by atoms with Gasteiger partial charge in [-0.3, -0.25) is 0 Å². The summed E-state index contributed by atoms with van der Waals surface area (Å²) in [5.41, 5.74) is 1.40. The van der Waals surface area contributed by atoms with Crippen LogP contribution in [0.15, 0.2) is 24.3 Å². The number of benzene rings is 1. The second kappa shape index (κ2) is 5.60. The fourth-order valence-corrected chi connectivity index (χ4v) is 1.86. The summed E-state index contributed by atoms with van der Waals surface area (Å²) in [4.78, 5) is 0. The number of epoxide rings is 1. The van der Waals surface area contributed by atoms with Gasteiger partial charge in [-0.15, -0.1) is 9.24 Å². The molecule has 3 heteroatoms. The lowest BCUT2D eigenvalue weighted by Gasteiger charge is -2.05. The Morgan fingerprint density at radius 3 is 2.93 bits per heavy atom. The lowest BCUT2D eigenvalue weighted by atomic mass is 10.1. The number of rotatable bonds is 6. The number of ether oxygens (including phenoxy) is 2. The van der Waals surface area contributed by atoms with Crippen LogP contribution in [-0.4, -0.2) is 25.9 Å². The standard InChI is InChI=1S/C12H17O2P/c15-12-6-2-1-4-10(12)5-3-7-13-8-11-9-14-11/h1-2,4,6,11H,3,5,7-9,15H2. The topological polar surface area (TPSA) is 21.8 Å². The highest BCUT2D eigenvalue weighted by Crippen LogP contribution is 2.09. The lowest BCUT2D eigenvalue weighted by molar-refractivity contribution is 0.114. The molecule has 1 fully saturated rings. The molecule has 2 unspecified atom stereocenters. The van der Waals surface area contributed by atoms with Gasteiger partial charge >= 0.3 is 0 Å². The van der Waals surface area contributed by atoms with E-state index in [0.717, 1.165) is 32.7 Å². The van der Waals surface area contributed by atoms with Gasteiger partial charge in [0.05, 0.1) is 13.2 Å². The summed E-state index contributed by atoms with van der Waals surface area (Å²) in [6.07, 6.45) is 2.56. The molecule has 82 valence electrons. The van der Waals surface area contributed by atoms with E-state index >= 15 is 0 Å². The molecule has 0 amide bonds. The van der Waals surface area contributed by atoms with Gasteiger partial charge in [0, 0.05) is 6.61 Å². The SMILES string of the molecule is Pc1ccccc1CCCOCC1CO1. The highest BCUT2D eigenvalue weighted by molar-refractivity contribution is 7.27. The first-order chi connectivity index (χ1) is 7.36. The van der Waals surface area contributed by atoms with E-state index in [0.29, 0.717) is 6.10 Å². The average Bonchev–Trinajstić information content (AvgIpc) is 3.04. The highest BCUT2D eigenvalue weighted by atomic mass is 31.0. The molecule has 2 atom stereocenters. The maximum atomic E-state index is 5.49. The summed E-state index contributed by atoms with van der Waals surface area (Å²) >= 11 is 0. The molecule has 15 heavy (non-hydrogen) atoms. The first kappa shape index (κ1) is 11.1. The zero-order valence-electron chi connectivity index (χ0n) is 8.82. The van der Waals surface area contributed by atoms with Crippen LogP contribution in [0.25, 0.3) is 0 Å². The van der Waals surface area contributed by atoms with Crippen LogP contribution >= 0.6 is 9.24 Å². The molecule has 0 saturated carbocycles. The molecule has 0 aromatic heterocycles. The van der Waals surface area contributed by atoms with Crippen molar-refractivity contribution in [1.82, 2.24) is 0 Å². The van der Waals surface area contributed by atoms with E-state index < -0.39 is 0 Å². The molecule has 1 heterocycles. The predicted molar refractivity (Wildman–Crippen MR) is 64.7 cm³/mol. The van der Waals surface area contributed by atoms with Crippen LogP contribution in [0.3, 0.4) is 0 Å². The van der Waals surface area contributed by atoms with Gasteiger partial charge < -0.3 is 9.47 Å². The highest BCUT2D eigenvalue weighted by Gasteiger charge is 2.21. The molecule has 2 rings (SSSR count). The molecule has 2 nitrogen and oxygen atoms in total. The molecule has 1 aromatic carbocycles. The number of hydrogen-bond donors (Lipinski definition) is 0. The summed E-state index contributed by atoms with van der Waals surface area (Å²) in [6, 6.07) is 8.44. The third-order valence-electron chi connectivity index (χ3n) is 2.50. The van der Waals surface area contributed by atoms with E-state index in [4.69, 9.17) is 9.47 Å². The van der Waals surface area contributed by atoms with Crippen LogP contribution in [0.2, 0.25) is 0 Å². The molecule has 0 spiro atoms. The smallest absolute Gasteiger partial charge is 0.104 e. The fourth-order valence-electron chi connectivity index (χ4n) is 1.51. The van der Waals surface area contributed by atoms with Gasteiger partial charge in [-0.05, 0) is 23.7 Å².